The Hall–Kier alpha value is -1.62. The SMILES string of the molecule is CCNC(=NCc1ccccn1)NCC(O)(CC)CC. The maximum Gasteiger partial charge on any atom is 0.191 e. The van der Waals surface area contributed by atoms with Crippen molar-refractivity contribution in [2.24, 2.45) is 4.99 Å². The lowest BCUT2D eigenvalue weighted by molar-refractivity contribution is 0.0367. The molecule has 0 saturated heterocycles. The van der Waals surface area contributed by atoms with Crippen molar-refractivity contribution in [1.29, 1.82) is 0 Å². The lowest BCUT2D eigenvalue weighted by atomic mass is 9.98. The van der Waals surface area contributed by atoms with Gasteiger partial charge in [-0.3, -0.25) is 4.98 Å². The van der Waals surface area contributed by atoms with Crippen molar-refractivity contribution in [1.82, 2.24) is 15.6 Å². The summed E-state index contributed by atoms with van der Waals surface area (Å²) in [6, 6.07) is 5.78. The Kier molecular flexibility index (Phi) is 7.01. The molecule has 0 radical (unpaired) electrons. The molecule has 112 valence electrons. The molecule has 5 nitrogen and oxygen atoms in total. The molecule has 0 aliphatic heterocycles. The van der Waals surface area contributed by atoms with Crippen LogP contribution in [0.2, 0.25) is 0 Å². The van der Waals surface area contributed by atoms with Gasteiger partial charge < -0.3 is 15.7 Å². The van der Waals surface area contributed by atoms with E-state index >= 15 is 0 Å². The molecule has 0 saturated carbocycles. The first-order valence-electron chi connectivity index (χ1n) is 7.28. The van der Waals surface area contributed by atoms with Gasteiger partial charge in [-0.25, -0.2) is 4.99 Å². The van der Waals surface area contributed by atoms with Crippen molar-refractivity contribution >= 4 is 5.96 Å². The molecular weight excluding hydrogens is 252 g/mol. The molecule has 0 aliphatic carbocycles. The molecule has 3 N–H and O–H groups in total. The maximum absolute atomic E-state index is 10.3. The molecule has 1 heterocycles. The molecule has 0 unspecified atom stereocenters. The Labute approximate surface area is 121 Å². The largest absolute Gasteiger partial charge is 0.388 e. The second-order valence-corrected chi connectivity index (χ2v) is 4.80. The first-order chi connectivity index (χ1) is 9.63. The highest BCUT2D eigenvalue weighted by molar-refractivity contribution is 5.79. The van der Waals surface area contributed by atoms with Gasteiger partial charge in [0.15, 0.2) is 5.96 Å². The number of hydrogen-bond acceptors (Lipinski definition) is 3. The molecule has 0 aromatic carbocycles. The van der Waals surface area contributed by atoms with Gasteiger partial charge in [0.1, 0.15) is 0 Å². The lowest BCUT2D eigenvalue weighted by Gasteiger charge is -2.26. The number of guanidine groups is 1. The smallest absolute Gasteiger partial charge is 0.191 e. The van der Waals surface area contributed by atoms with E-state index in [1.165, 1.54) is 0 Å². The zero-order valence-electron chi connectivity index (χ0n) is 12.7. The van der Waals surface area contributed by atoms with Crippen LogP contribution in [0.25, 0.3) is 0 Å². The minimum Gasteiger partial charge on any atom is -0.388 e. The molecule has 0 bridgehead atoms. The van der Waals surface area contributed by atoms with Crippen LogP contribution in [0.5, 0.6) is 0 Å². The highest BCUT2D eigenvalue weighted by Crippen LogP contribution is 2.12. The maximum atomic E-state index is 10.3. The predicted molar refractivity (Wildman–Crippen MR) is 82.6 cm³/mol. The predicted octanol–water partition coefficient (Wildman–Crippen LogP) is 1.69. The third-order valence-corrected chi connectivity index (χ3v) is 3.37. The first kappa shape index (κ1) is 16.4. The van der Waals surface area contributed by atoms with Crippen molar-refractivity contribution in [3.8, 4) is 0 Å². The van der Waals surface area contributed by atoms with Gasteiger partial charge >= 0.3 is 0 Å². The average Bonchev–Trinajstić information content (AvgIpc) is 2.50. The van der Waals surface area contributed by atoms with Crippen LogP contribution < -0.4 is 10.6 Å². The van der Waals surface area contributed by atoms with Crippen molar-refractivity contribution in [2.75, 3.05) is 13.1 Å². The number of aromatic nitrogens is 1. The number of aliphatic hydroxyl groups is 1. The zero-order valence-corrected chi connectivity index (χ0v) is 12.7. The van der Waals surface area contributed by atoms with Gasteiger partial charge in [-0.15, -0.1) is 0 Å². The Morgan fingerprint density at radius 3 is 2.55 bits per heavy atom. The fourth-order valence-corrected chi connectivity index (χ4v) is 1.74. The van der Waals surface area contributed by atoms with E-state index < -0.39 is 5.60 Å². The average molecular weight is 278 g/mol. The number of nitrogens with zero attached hydrogens (tertiary/aromatic N) is 2. The van der Waals surface area contributed by atoms with Gasteiger partial charge in [-0.1, -0.05) is 19.9 Å². The van der Waals surface area contributed by atoms with Crippen LogP contribution in [0.3, 0.4) is 0 Å². The fraction of sp³-hybridized carbons (Fsp3) is 0.600. The summed E-state index contributed by atoms with van der Waals surface area (Å²) in [5.74, 6) is 0.707. The highest BCUT2D eigenvalue weighted by Gasteiger charge is 2.22. The zero-order chi connectivity index (χ0) is 14.8. The molecule has 0 atom stereocenters. The Morgan fingerprint density at radius 2 is 2.00 bits per heavy atom. The molecule has 0 aliphatic rings. The van der Waals surface area contributed by atoms with Crippen LogP contribution in [0.1, 0.15) is 39.3 Å². The summed E-state index contributed by atoms with van der Waals surface area (Å²) in [6.45, 7) is 7.79. The van der Waals surface area contributed by atoms with E-state index in [1.54, 1.807) is 6.20 Å². The molecule has 1 aromatic rings. The van der Waals surface area contributed by atoms with E-state index in [9.17, 15) is 5.11 Å². The molecule has 20 heavy (non-hydrogen) atoms. The fourth-order valence-electron chi connectivity index (χ4n) is 1.74. The minimum absolute atomic E-state index is 0.494. The molecule has 5 heteroatoms. The monoisotopic (exact) mass is 278 g/mol. The number of nitrogens with one attached hydrogen (secondary N) is 2. The second kappa shape index (κ2) is 8.53. The van der Waals surface area contributed by atoms with E-state index in [4.69, 9.17) is 0 Å². The second-order valence-electron chi connectivity index (χ2n) is 4.80. The van der Waals surface area contributed by atoms with E-state index in [2.05, 4.69) is 20.6 Å². The van der Waals surface area contributed by atoms with Crippen molar-refractivity contribution in [3.63, 3.8) is 0 Å². The number of aliphatic imine (C=N–C) groups is 1. The molecule has 0 spiro atoms. The van der Waals surface area contributed by atoms with E-state index in [1.807, 2.05) is 39.0 Å². The summed E-state index contributed by atoms with van der Waals surface area (Å²) in [5.41, 5.74) is 0.243. The molecular formula is C15H26N4O. The third kappa shape index (κ3) is 5.57. The van der Waals surface area contributed by atoms with E-state index in [-0.39, 0.29) is 0 Å². The van der Waals surface area contributed by atoms with Gasteiger partial charge in [0.25, 0.3) is 0 Å². The van der Waals surface area contributed by atoms with Crippen LogP contribution in [0.4, 0.5) is 0 Å². The number of hydrogen-bond donors (Lipinski definition) is 3. The summed E-state index contributed by atoms with van der Waals surface area (Å²) in [6.07, 6.45) is 3.20. The Balaban J connectivity index is 2.59. The quantitative estimate of drug-likeness (QED) is 0.524. The Morgan fingerprint density at radius 1 is 1.25 bits per heavy atom. The van der Waals surface area contributed by atoms with Crippen molar-refractivity contribution in [3.05, 3.63) is 30.1 Å². The van der Waals surface area contributed by atoms with Gasteiger partial charge in [0.2, 0.25) is 0 Å². The number of rotatable bonds is 7. The topological polar surface area (TPSA) is 69.5 Å². The summed E-state index contributed by atoms with van der Waals surface area (Å²) in [4.78, 5) is 8.72. The molecule has 0 amide bonds. The standard InChI is InChI=1S/C15H26N4O/c1-4-15(20,5-2)12-19-14(16-6-3)18-11-13-9-7-8-10-17-13/h7-10,20H,4-6,11-12H2,1-3H3,(H2,16,18,19). The molecule has 0 fully saturated rings. The van der Waals surface area contributed by atoms with Gasteiger partial charge in [0, 0.05) is 19.3 Å². The van der Waals surface area contributed by atoms with Crippen LogP contribution >= 0.6 is 0 Å². The van der Waals surface area contributed by atoms with Crippen LogP contribution in [0, 0.1) is 0 Å². The normalized spacial score (nSPS) is 12.3. The summed E-state index contributed by atoms with van der Waals surface area (Å²) < 4.78 is 0. The van der Waals surface area contributed by atoms with Gasteiger partial charge in [-0.05, 0) is 31.9 Å². The lowest BCUT2D eigenvalue weighted by Crippen LogP contribution is -2.46. The van der Waals surface area contributed by atoms with Crippen LogP contribution in [0.15, 0.2) is 29.4 Å². The molecule has 1 rings (SSSR count). The van der Waals surface area contributed by atoms with E-state index in [0.717, 1.165) is 25.1 Å². The summed E-state index contributed by atoms with van der Waals surface area (Å²) in [7, 11) is 0. The minimum atomic E-state index is -0.679. The van der Waals surface area contributed by atoms with Gasteiger partial charge in [-0.2, -0.15) is 0 Å². The van der Waals surface area contributed by atoms with Crippen molar-refractivity contribution < 1.29 is 5.11 Å². The highest BCUT2D eigenvalue weighted by atomic mass is 16.3. The molecule has 1 aromatic heterocycles. The summed E-state index contributed by atoms with van der Waals surface area (Å²) in [5, 5.41) is 16.6. The Bertz CT molecular complexity index is 402. The van der Waals surface area contributed by atoms with Crippen molar-refractivity contribution in [2.45, 2.75) is 45.8 Å². The van der Waals surface area contributed by atoms with Gasteiger partial charge in [0.05, 0.1) is 17.8 Å². The van der Waals surface area contributed by atoms with Crippen LogP contribution in [-0.2, 0) is 6.54 Å². The van der Waals surface area contributed by atoms with Crippen LogP contribution in [-0.4, -0.2) is 34.7 Å². The number of pyridine rings is 1. The third-order valence-electron chi connectivity index (χ3n) is 3.37. The summed E-state index contributed by atoms with van der Waals surface area (Å²) >= 11 is 0. The first-order valence-corrected chi connectivity index (χ1v) is 7.28. The van der Waals surface area contributed by atoms with E-state index in [0.29, 0.717) is 19.0 Å².